The third kappa shape index (κ3) is 3.07. The van der Waals surface area contributed by atoms with Gasteiger partial charge in [0.05, 0.1) is 11.4 Å². The van der Waals surface area contributed by atoms with Gasteiger partial charge >= 0.3 is 0 Å². The molecule has 0 radical (unpaired) electrons. The van der Waals surface area contributed by atoms with E-state index in [0.717, 1.165) is 23.0 Å². The number of Topliss-reactive ketones (excluding diaryl/α,β-unsaturated/α-hetero) is 2. The van der Waals surface area contributed by atoms with Crippen molar-refractivity contribution in [3.05, 3.63) is 28.8 Å². The molecule has 6 nitrogen and oxygen atoms in total. The highest BCUT2D eigenvalue weighted by Gasteiger charge is 2.20. The third-order valence-electron chi connectivity index (χ3n) is 3.32. The van der Waals surface area contributed by atoms with Crippen molar-refractivity contribution in [2.45, 2.75) is 39.4 Å². The van der Waals surface area contributed by atoms with Crippen LogP contribution in [0.25, 0.3) is 0 Å². The minimum Gasteiger partial charge on any atom is -0.355 e. The number of aromatic amines is 1. The Kier molecular flexibility index (Phi) is 4.62. The molecule has 0 amide bonds. The third-order valence-corrected chi connectivity index (χ3v) is 4.30. The second kappa shape index (κ2) is 6.26. The summed E-state index contributed by atoms with van der Waals surface area (Å²) in [7, 11) is 0. The van der Waals surface area contributed by atoms with Crippen molar-refractivity contribution in [2.24, 2.45) is 0 Å². The molecule has 0 atom stereocenters. The zero-order valence-corrected chi connectivity index (χ0v) is 13.4. The van der Waals surface area contributed by atoms with Crippen LogP contribution in [0.15, 0.2) is 11.5 Å². The molecule has 0 aliphatic rings. The molecule has 0 aliphatic heterocycles. The van der Waals surface area contributed by atoms with Crippen LogP contribution >= 0.6 is 11.8 Å². The van der Waals surface area contributed by atoms with Gasteiger partial charge in [0.2, 0.25) is 0 Å². The van der Waals surface area contributed by atoms with Gasteiger partial charge in [-0.1, -0.05) is 11.8 Å². The van der Waals surface area contributed by atoms with Gasteiger partial charge in [-0.05, 0) is 33.3 Å². The highest BCUT2D eigenvalue weighted by molar-refractivity contribution is 7.99. The van der Waals surface area contributed by atoms with Crippen LogP contribution in [0.4, 0.5) is 0 Å². The van der Waals surface area contributed by atoms with E-state index in [4.69, 9.17) is 0 Å². The van der Waals surface area contributed by atoms with Gasteiger partial charge < -0.3 is 9.55 Å². The van der Waals surface area contributed by atoms with Gasteiger partial charge in [0.1, 0.15) is 6.33 Å². The van der Waals surface area contributed by atoms with Crippen LogP contribution < -0.4 is 0 Å². The van der Waals surface area contributed by atoms with Gasteiger partial charge in [0.25, 0.3) is 0 Å². The second-order valence-corrected chi connectivity index (χ2v) is 5.74. The van der Waals surface area contributed by atoms with Crippen LogP contribution in [0.5, 0.6) is 0 Å². The molecule has 0 aromatic carbocycles. The molecule has 0 spiro atoms. The first-order valence-electron chi connectivity index (χ1n) is 6.69. The Labute approximate surface area is 127 Å². The fourth-order valence-electron chi connectivity index (χ4n) is 2.33. The van der Waals surface area contributed by atoms with Crippen LogP contribution in [0.2, 0.25) is 0 Å². The largest absolute Gasteiger partial charge is 0.355 e. The highest BCUT2D eigenvalue weighted by Crippen LogP contribution is 2.22. The van der Waals surface area contributed by atoms with E-state index in [1.807, 2.05) is 11.5 Å². The topological polar surface area (TPSA) is 80.6 Å². The molecule has 2 aromatic rings. The fourth-order valence-corrected chi connectivity index (χ4v) is 3.18. The van der Waals surface area contributed by atoms with E-state index in [-0.39, 0.29) is 17.3 Å². The Hall–Kier alpha value is -1.89. The van der Waals surface area contributed by atoms with Crippen molar-refractivity contribution in [2.75, 3.05) is 5.75 Å². The molecule has 0 bridgehead atoms. The lowest BCUT2D eigenvalue weighted by atomic mass is 10.1. The van der Waals surface area contributed by atoms with Gasteiger partial charge in [0.15, 0.2) is 16.7 Å². The average molecular weight is 306 g/mol. The summed E-state index contributed by atoms with van der Waals surface area (Å²) in [6.07, 6.45) is 1.64. The maximum Gasteiger partial charge on any atom is 0.191 e. The normalized spacial score (nSPS) is 10.9. The van der Waals surface area contributed by atoms with Crippen LogP contribution in [0.1, 0.15) is 46.0 Å². The first-order chi connectivity index (χ1) is 9.95. The average Bonchev–Trinajstić information content (AvgIpc) is 2.99. The van der Waals surface area contributed by atoms with Gasteiger partial charge in [0, 0.05) is 17.8 Å². The van der Waals surface area contributed by atoms with Crippen molar-refractivity contribution in [3.8, 4) is 0 Å². The van der Waals surface area contributed by atoms with Crippen molar-refractivity contribution in [3.63, 3.8) is 0 Å². The first kappa shape index (κ1) is 15.5. The van der Waals surface area contributed by atoms with E-state index < -0.39 is 0 Å². The number of H-pyrrole nitrogens is 1. The number of aromatic nitrogens is 4. The zero-order valence-electron chi connectivity index (χ0n) is 12.6. The predicted octanol–water partition coefficient (Wildman–Crippen LogP) is 2.42. The Morgan fingerprint density at radius 3 is 2.67 bits per heavy atom. The summed E-state index contributed by atoms with van der Waals surface area (Å²) < 4.78 is 1.88. The highest BCUT2D eigenvalue weighted by atomic mass is 32.2. The Morgan fingerprint density at radius 1 is 1.38 bits per heavy atom. The number of thioether (sulfide) groups is 1. The lowest BCUT2D eigenvalue weighted by molar-refractivity contribution is 0.101. The van der Waals surface area contributed by atoms with Crippen molar-refractivity contribution in [1.29, 1.82) is 0 Å². The Bertz CT molecular complexity index is 687. The molecule has 0 unspecified atom stereocenters. The molecule has 7 heteroatoms. The van der Waals surface area contributed by atoms with E-state index >= 15 is 0 Å². The van der Waals surface area contributed by atoms with E-state index in [1.54, 1.807) is 20.2 Å². The maximum atomic E-state index is 12.3. The minimum absolute atomic E-state index is 0.0290. The Balaban J connectivity index is 2.14. The molecule has 2 heterocycles. The molecule has 0 aliphatic carbocycles. The number of ketones is 2. The standard InChI is InChI=1S/C14H18N4O2S/c1-5-18-7-15-17-14(18)21-6-11(20)13-8(2)12(10(4)19)9(3)16-13/h7,16H,5-6H2,1-4H3. The second-order valence-electron chi connectivity index (χ2n) is 4.79. The summed E-state index contributed by atoms with van der Waals surface area (Å²) in [5.74, 6) is 0.189. The summed E-state index contributed by atoms with van der Waals surface area (Å²) in [4.78, 5) is 26.9. The quantitative estimate of drug-likeness (QED) is 0.655. The molecule has 1 N–H and O–H groups in total. The van der Waals surface area contributed by atoms with Crippen LogP contribution in [-0.4, -0.2) is 37.1 Å². The SMILES string of the molecule is CCn1cnnc1SCC(=O)c1[nH]c(C)c(C(C)=O)c1C. The van der Waals surface area contributed by atoms with Crippen molar-refractivity contribution in [1.82, 2.24) is 19.7 Å². The summed E-state index contributed by atoms with van der Waals surface area (Å²) >= 11 is 1.35. The molecule has 0 saturated carbocycles. The number of carbonyl (C=O) groups excluding carboxylic acids is 2. The van der Waals surface area contributed by atoms with Gasteiger partial charge in [-0.2, -0.15) is 0 Å². The van der Waals surface area contributed by atoms with E-state index in [9.17, 15) is 9.59 Å². The zero-order chi connectivity index (χ0) is 15.6. The summed E-state index contributed by atoms with van der Waals surface area (Å²) in [5.41, 5.74) is 2.58. The number of carbonyl (C=O) groups is 2. The number of nitrogens with zero attached hydrogens (tertiary/aromatic N) is 3. The lowest BCUT2D eigenvalue weighted by Crippen LogP contribution is -2.07. The predicted molar refractivity (Wildman–Crippen MR) is 81.0 cm³/mol. The maximum absolute atomic E-state index is 12.3. The van der Waals surface area contributed by atoms with Crippen molar-refractivity contribution >= 4 is 23.3 Å². The van der Waals surface area contributed by atoms with E-state index in [1.165, 1.54) is 18.7 Å². The summed E-state index contributed by atoms with van der Waals surface area (Å²) in [6, 6.07) is 0. The van der Waals surface area contributed by atoms with Gasteiger partial charge in [-0.25, -0.2) is 0 Å². The summed E-state index contributed by atoms with van der Waals surface area (Å²) in [5, 5.41) is 8.54. The number of nitrogens with one attached hydrogen (secondary N) is 1. The molecule has 112 valence electrons. The monoisotopic (exact) mass is 306 g/mol. The van der Waals surface area contributed by atoms with E-state index in [0.29, 0.717) is 11.3 Å². The van der Waals surface area contributed by atoms with E-state index in [2.05, 4.69) is 15.2 Å². The Morgan fingerprint density at radius 2 is 2.10 bits per heavy atom. The molecule has 2 rings (SSSR count). The van der Waals surface area contributed by atoms with Gasteiger partial charge in [-0.3, -0.25) is 9.59 Å². The smallest absolute Gasteiger partial charge is 0.191 e. The number of aryl methyl sites for hydroxylation is 2. The molecule has 2 aromatic heterocycles. The van der Waals surface area contributed by atoms with Crippen LogP contribution in [0.3, 0.4) is 0 Å². The van der Waals surface area contributed by atoms with Crippen LogP contribution in [0, 0.1) is 13.8 Å². The molecule has 0 fully saturated rings. The molecular formula is C14H18N4O2S. The molecule has 21 heavy (non-hydrogen) atoms. The fraction of sp³-hybridized carbons (Fsp3) is 0.429. The first-order valence-corrected chi connectivity index (χ1v) is 7.68. The summed E-state index contributed by atoms with van der Waals surface area (Å²) in [6.45, 7) is 7.87. The minimum atomic E-state index is -0.0428. The number of hydrogen-bond donors (Lipinski definition) is 1. The molecule has 0 saturated heterocycles. The number of rotatable bonds is 6. The molecular weight excluding hydrogens is 288 g/mol. The lowest BCUT2D eigenvalue weighted by Gasteiger charge is -2.02. The van der Waals surface area contributed by atoms with Crippen molar-refractivity contribution < 1.29 is 9.59 Å². The number of hydrogen-bond acceptors (Lipinski definition) is 5. The van der Waals surface area contributed by atoms with Gasteiger partial charge in [-0.15, -0.1) is 10.2 Å². The van der Waals surface area contributed by atoms with Crippen LogP contribution in [-0.2, 0) is 6.54 Å².